The summed E-state index contributed by atoms with van der Waals surface area (Å²) in [6.45, 7) is 1.69. The van der Waals surface area contributed by atoms with E-state index >= 15 is 0 Å². The highest BCUT2D eigenvalue weighted by atomic mass is 16.5. The zero-order valence-corrected chi connectivity index (χ0v) is 15.0. The van der Waals surface area contributed by atoms with Crippen LogP contribution in [0.15, 0.2) is 48.8 Å². The first-order chi connectivity index (χ1) is 13.2. The Hall–Kier alpha value is -3.19. The van der Waals surface area contributed by atoms with Gasteiger partial charge >= 0.3 is 0 Å². The Balaban J connectivity index is 1.64. The van der Waals surface area contributed by atoms with Gasteiger partial charge in [-0.3, -0.25) is 4.79 Å². The molecule has 2 heterocycles. The molecule has 4 N–H and O–H groups in total. The maximum absolute atomic E-state index is 11.7. The van der Waals surface area contributed by atoms with Crippen LogP contribution in [-0.4, -0.2) is 42.1 Å². The molecule has 1 aliphatic rings. The van der Waals surface area contributed by atoms with Crippen molar-refractivity contribution in [2.45, 2.75) is 12.0 Å². The SMILES string of the molecule is COc1ccc([C@@H]2CNC[C@H]2Nc2ncnc3c(C(N)=O)cccc23)cc1. The second-order valence-electron chi connectivity index (χ2n) is 6.58. The van der Waals surface area contributed by atoms with Gasteiger partial charge in [0.15, 0.2) is 0 Å². The first-order valence-electron chi connectivity index (χ1n) is 8.82. The number of anilines is 1. The largest absolute Gasteiger partial charge is 0.497 e. The maximum Gasteiger partial charge on any atom is 0.250 e. The lowest BCUT2D eigenvalue weighted by Crippen LogP contribution is -2.27. The van der Waals surface area contributed by atoms with E-state index in [1.807, 2.05) is 18.2 Å². The Bertz CT molecular complexity index is 974. The first-order valence-corrected chi connectivity index (χ1v) is 8.82. The number of aromatic nitrogens is 2. The molecule has 1 aromatic heterocycles. The lowest BCUT2D eigenvalue weighted by molar-refractivity contribution is 0.100. The Morgan fingerprint density at radius 3 is 2.74 bits per heavy atom. The van der Waals surface area contributed by atoms with Crippen molar-refractivity contribution in [3.05, 3.63) is 59.9 Å². The lowest BCUT2D eigenvalue weighted by atomic mass is 9.94. The van der Waals surface area contributed by atoms with Crippen molar-refractivity contribution < 1.29 is 9.53 Å². The number of nitrogens with two attached hydrogens (primary N) is 1. The predicted molar refractivity (Wildman–Crippen MR) is 104 cm³/mol. The predicted octanol–water partition coefficient (Wildman–Crippen LogP) is 1.90. The lowest BCUT2D eigenvalue weighted by Gasteiger charge is -2.22. The van der Waals surface area contributed by atoms with Crippen molar-refractivity contribution in [3.8, 4) is 5.75 Å². The van der Waals surface area contributed by atoms with E-state index in [-0.39, 0.29) is 6.04 Å². The van der Waals surface area contributed by atoms with Gasteiger partial charge in [-0.15, -0.1) is 0 Å². The zero-order chi connectivity index (χ0) is 18.8. The maximum atomic E-state index is 11.7. The van der Waals surface area contributed by atoms with E-state index in [9.17, 15) is 4.79 Å². The molecule has 2 aromatic carbocycles. The third-order valence-electron chi connectivity index (χ3n) is 5.01. The fraction of sp³-hybridized carbons (Fsp3) is 0.250. The van der Waals surface area contributed by atoms with E-state index in [1.54, 1.807) is 19.2 Å². The fourth-order valence-electron chi connectivity index (χ4n) is 3.61. The topological polar surface area (TPSA) is 102 Å². The number of carbonyl (C=O) groups excluding carboxylic acids is 1. The molecule has 7 heteroatoms. The van der Waals surface area contributed by atoms with Crippen LogP contribution in [0.1, 0.15) is 21.8 Å². The molecule has 0 spiro atoms. The highest BCUT2D eigenvalue weighted by molar-refractivity contribution is 6.06. The molecule has 0 saturated carbocycles. The van der Waals surface area contributed by atoms with Crippen LogP contribution >= 0.6 is 0 Å². The van der Waals surface area contributed by atoms with E-state index in [2.05, 4.69) is 32.7 Å². The number of hydrogen-bond donors (Lipinski definition) is 3. The van der Waals surface area contributed by atoms with Crippen LogP contribution in [0, 0.1) is 0 Å². The third kappa shape index (κ3) is 3.29. The highest BCUT2D eigenvalue weighted by Gasteiger charge is 2.29. The van der Waals surface area contributed by atoms with Crippen LogP contribution in [0.5, 0.6) is 5.75 Å². The third-order valence-corrected chi connectivity index (χ3v) is 5.01. The Labute approximate surface area is 157 Å². The number of hydrogen-bond acceptors (Lipinski definition) is 6. The van der Waals surface area contributed by atoms with Gasteiger partial charge in [-0.05, 0) is 29.8 Å². The molecule has 4 rings (SSSR count). The van der Waals surface area contributed by atoms with Gasteiger partial charge in [-0.25, -0.2) is 9.97 Å². The average Bonchev–Trinajstić information content (AvgIpc) is 3.16. The van der Waals surface area contributed by atoms with Gasteiger partial charge in [-0.1, -0.05) is 18.2 Å². The number of amides is 1. The number of nitrogens with one attached hydrogen (secondary N) is 2. The van der Waals surface area contributed by atoms with Gasteiger partial charge in [0.2, 0.25) is 0 Å². The van der Waals surface area contributed by atoms with E-state index in [0.29, 0.717) is 22.8 Å². The summed E-state index contributed by atoms with van der Waals surface area (Å²) in [5, 5.41) is 7.75. The van der Waals surface area contributed by atoms with Gasteiger partial charge in [0, 0.05) is 30.4 Å². The number of fused-ring (bicyclic) bond motifs is 1. The smallest absolute Gasteiger partial charge is 0.250 e. The number of rotatable bonds is 5. The monoisotopic (exact) mass is 363 g/mol. The highest BCUT2D eigenvalue weighted by Crippen LogP contribution is 2.29. The van der Waals surface area contributed by atoms with Crippen molar-refractivity contribution in [2.24, 2.45) is 5.73 Å². The summed E-state index contributed by atoms with van der Waals surface area (Å²) in [4.78, 5) is 20.3. The van der Waals surface area contributed by atoms with Crippen molar-refractivity contribution in [1.82, 2.24) is 15.3 Å². The normalized spacial score (nSPS) is 19.1. The summed E-state index contributed by atoms with van der Waals surface area (Å²) in [5.41, 5.74) is 7.67. The van der Waals surface area contributed by atoms with Gasteiger partial charge in [0.05, 0.1) is 18.2 Å². The number of primary amides is 1. The van der Waals surface area contributed by atoms with Gasteiger partial charge in [0.1, 0.15) is 17.9 Å². The summed E-state index contributed by atoms with van der Waals surface area (Å²) < 4.78 is 5.25. The zero-order valence-electron chi connectivity index (χ0n) is 15.0. The molecule has 1 aliphatic heterocycles. The molecule has 1 saturated heterocycles. The van der Waals surface area contributed by atoms with Crippen LogP contribution < -0.4 is 21.1 Å². The van der Waals surface area contributed by atoms with E-state index in [1.165, 1.54) is 11.9 Å². The van der Waals surface area contributed by atoms with Crippen molar-refractivity contribution in [3.63, 3.8) is 0 Å². The van der Waals surface area contributed by atoms with E-state index < -0.39 is 5.91 Å². The van der Waals surface area contributed by atoms with Crippen LogP contribution in [0.25, 0.3) is 10.9 Å². The average molecular weight is 363 g/mol. The second-order valence-corrected chi connectivity index (χ2v) is 6.58. The van der Waals surface area contributed by atoms with Crippen LogP contribution in [-0.2, 0) is 0 Å². The fourth-order valence-corrected chi connectivity index (χ4v) is 3.61. The summed E-state index contributed by atoms with van der Waals surface area (Å²) in [6, 6.07) is 13.7. The molecule has 27 heavy (non-hydrogen) atoms. The number of methoxy groups -OCH3 is 1. The second kappa shape index (κ2) is 7.20. The van der Waals surface area contributed by atoms with Crippen molar-refractivity contribution in [1.29, 1.82) is 0 Å². The molecule has 1 fully saturated rings. The molecule has 2 atom stereocenters. The van der Waals surface area contributed by atoms with Crippen LogP contribution in [0.2, 0.25) is 0 Å². The number of benzene rings is 2. The molecule has 0 aliphatic carbocycles. The molecule has 1 amide bonds. The summed E-state index contributed by atoms with van der Waals surface area (Å²) in [6.07, 6.45) is 1.46. The first kappa shape index (κ1) is 17.2. The number of ether oxygens (including phenoxy) is 1. The van der Waals surface area contributed by atoms with Crippen LogP contribution in [0.3, 0.4) is 0 Å². The van der Waals surface area contributed by atoms with Gasteiger partial charge < -0.3 is 21.1 Å². The number of nitrogens with zero attached hydrogens (tertiary/aromatic N) is 2. The van der Waals surface area contributed by atoms with Crippen molar-refractivity contribution >= 4 is 22.6 Å². The standard InChI is InChI=1S/C20H21N5O2/c1-27-13-7-5-12(6-8-13)16-9-22-10-17(16)25-20-15-4-2-3-14(19(21)26)18(15)23-11-24-20/h2-8,11,16-17,22H,9-10H2,1H3,(H2,21,26)(H,23,24,25)/t16-,17+/m0/s1. The Morgan fingerprint density at radius 2 is 2.00 bits per heavy atom. The molecule has 0 radical (unpaired) electrons. The quantitative estimate of drug-likeness (QED) is 0.640. The summed E-state index contributed by atoms with van der Waals surface area (Å²) in [7, 11) is 1.66. The minimum absolute atomic E-state index is 0.161. The minimum Gasteiger partial charge on any atom is -0.497 e. The molecular formula is C20H21N5O2. The molecule has 138 valence electrons. The van der Waals surface area contributed by atoms with E-state index in [0.717, 1.165) is 24.2 Å². The van der Waals surface area contributed by atoms with Gasteiger partial charge in [-0.2, -0.15) is 0 Å². The molecule has 0 bridgehead atoms. The van der Waals surface area contributed by atoms with E-state index in [4.69, 9.17) is 10.5 Å². The molecule has 7 nitrogen and oxygen atoms in total. The van der Waals surface area contributed by atoms with Gasteiger partial charge in [0.25, 0.3) is 5.91 Å². The molecule has 0 unspecified atom stereocenters. The molecule has 3 aromatic rings. The van der Waals surface area contributed by atoms with Crippen molar-refractivity contribution in [2.75, 3.05) is 25.5 Å². The molecular weight excluding hydrogens is 342 g/mol. The van der Waals surface area contributed by atoms with Crippen LogP contribution in [0.4, 0.5) is 5.82 Å². The number of para-hydroxylation sites is 1. The summed E-state index contributed by atoms with van der Waals surface area (Å²) >= 11 is 0. The minimum atomic E-state index is -0.496. The summed E-state index contributed by atoms with van der Waals surface area (Å²) in [5.74, 6) is 1.34. The Morgan fingerprint density at radius 1 is 1.19 bits per heavy atom. The number of carbonyl (C=O) groups is 1. The Kier molecular flexibility index (Phi) is 4.60.